The normalized spacial score (nSPS) is 10.2. The number of aryl methyl sites for hydroxylation is 1. The summed E-state index contributed by atoms with van der Waals surface area (Å²) in [6.07, 6.45) is -0.119. The lowest BCUT2D eigenvalue weighted by atomic mass is 10.1. The highest BCUT2D eigenvalue weighted by atomic mass is 16.5. The molecule has 1 aromatic heterocycles. The molecular formula is C11H15NO4. The second-order valence-corrected chi connectivity index (χ2v) is 3.52. The van der Waals surface area contributed by atoms with Crippen LogP contribution in [-0.2, 0) is 16.0 Å². The third-order valence-electron chi connectivity index (χ3n) is 2.35. The number of carbonyl (C=O) groups excluding carboxylic acids is 1. The van der Waals surface area contributed by atoms with Crippen LogP contribution in [0.15, 0.2) is 0 Å². The lowest BCUT2D eigenvalue weighted by Gasteiger charge is -2.02. The van der Waals surface area contributed by atoms with Gasteiger partial charge in [-0.05, 0) is 26.3 Å². The number of hydrogen-bond acceptors (Lipinski definition) is 3. The molecule has 0 aliphatic rings. The van der Waals surface area contributed by atoms with Gasteiger partial charge in [0.25, 0.3) is 0 Å². The van der Waals surface area contributed by atoms with Crippen LogP contribution in [0.4, 0.5) is 0 Å². The van der Waals surface area contributed by atoms with E-state index in [1.807, 2.05) is 0 Å². The van der Waals surface area contributed by atoms with E-state index in [0.29, 0.717) is 29.1 Å². The van der Waals surface area contributed by atoms with Crippen LogP contribution < -0.4 is 0 Å². The molecule has 0 bridgehead atoms. The molecule has 0 radical (unpaired) electrons. The molecule has 5 heteroatoms. The van der Waals surface area contributed by atoms with Crippen LogP contribution in [0.5, 0.6) is 0 Å². The highest BCUT2D eigenvalue weighted by Crippen LogP contribution is 2.19. The molecule has 1 heterocycles. The Morgan fingerprint density at radius 1 is 1.38 bits per heavy atom. The number of aromatic amines is 1. The summed E-state index contributed by atoms with van der Waals surface area (Å²) in [5, 5.41) is 8.70. The quantitative estimate of drug-likeness (QED) is 0.760. The van der Waals surface area contributed by atoms with Crippen molar-refractivity contribution in [1.82, 2.24) is 4.98 Å². The van der Waals surface area contributed by atoms with Crippen LogP contribution in [0, 0.1) is 13.8 Å². The smallest absolute Gasteiger partial charge is 0.340 e. The zero-order valence-electron chi connectivity index (χ0n) is 9.59. The van der Waals surface area contributed by atoms with Crippen molar-refractivity contribution in [2.45, 2.75) is 27.2 Å². The largest absolute Gasteiger partial charge is 0.481 e. The monoisotopic (exact) mass is 225 g/mol. The molecule has 0 fully saturated rings. The van der Waals surface area contributed by atoms with E-state index >= 15 is 0 Å². The summed E-state index contributed by atoms with van der Waals surface area (Å²) in [7, 11) is 0. The molecule has 0 aliphatic heterocycles. The predicted octanol–water partition coefficient (Wildman–Crippen LogP) is 1.44. The Kier molecular flexibility index (Phi) is 3.71. The number of ether oxygens (including phenoxy) is 1. The molecule has 0 atom stereocenters. The second kappa shape index (κ2) is 4.83. The van der Waals surface area contributed by atoms with Crippen molar-refractivity contribution in [3.63, 3.8) is 0 Å². The number of hydrogen-bond donors (Lipinski definition) is 2. The highest BCUT2D eigenvalue weighted by molar-refractivity contribution is 5.93. The van der Waals surface area contributed by atoms with E-state index in [-0.39, 0.29) is 6.42 Å². The number of aliphatic carboxylic acids is 1. The lowest BCUT2D eigenvalue weighted by Crippen LogP contribution is -2.07. The minimum atomic E-state index is -0.931. The Morgan fingerprint density at radius 3 is 2.50 bits per heavy atom. The van der Waals surface area contributed by atoms with E-state index in [0.717, 1.165) is 0 Å². The number of aromatic nitrogens is 1. The summed E-state index contributed by atoms with van der Waals surface area (Å²) < 4.78 is 4.90. The van der Waals surface area contributed by atoms with Gasteiger partial charge in [-0.25, -0.2) is 4.79 Å². The van der Waals surface area contributed by atoms with Gasteiger partial charge in [-0.15, -0.1) is 0 Å². The summed E-state index contributed by atoms with van der Waals surface area (Å²) in [5.74, 6) is -1.34. The molecular weight excluding hydrogens is 210 g/mol. The van der Waals surface area contributed by atoms with Gasteiger partial charge in [0.2, 0.25) is 0 Å². The SMILES string of the molecule is CCOC(=O)c1c(C)[nH]c(CC(=O)O)c1C. The number of H-pyrrole nitrogens is 1. The molecule has 5 nitrogen and oxygen atoms in total. The Morgan fingerprint density at radius 2 is 2.00 bits per heavy atom. The Labute approximate surface area is 93.4 Å². The Hall–Kier alpha value is -1.78. The average molecular weight is 225 g/mol. The van der Waals surface area contributed by atoms with Crippen molar-refractivity contribution in [2.75, 3.05) is 6.61 Å². The molecule has 0 saturated heterocycles. The molecule has 0 aromatic carbocycles. The Bertz CT molecular complexity index is 420. The molecule has 0 unspecified atom stereocenters. The van der Waals surface area contributed by atoms with Crippen molar-refractivity contribution in [1.29, 1.82) is 0 Å². The average Bonchev–Trinajstić information content (AvgIpc) is 2.41. The topological polar surface area (TPSA) is 79.4 Å². The lowest BCUT2D eigenvalue weighted by molar-refractivity contribution is -0.136. The van der Waals surface area contributed by atoms with Crippen LogP contribution in [-0.4, -0.2) is 28.6 Å². The van der Waals surface area contributed by atoms with E-state index < -0.39 is 11.9 Å². The molecule has 16 heavy (non-hydrogen) atoms. The maximum atomic E-state index is 11.6. The molecule has 1 rings (SSSR count). The van der Waals surface area contributed by atoms with Gasteiger partial charge in [-0.1, -0.05) is 0 Å². The number of carbonyl (C=O) groups is 2. The maximum Gasteiger partial charge on any atom is 0.340 e. The van der Waals surface area contributed by atoms with Gasteiger partial charge in [0.15, 0.2) is 0 Å². The zero-order chi connectivity index (χ0) is 12.3. The number of esters is 1. The standard InChI is InChI=1S/C11H15NO4/c1-4-16-11(15)10-6(2)8(5-9(13)14)12-7(10)3/h12H,4-5H2,1-3H3,(H,13,14). The van der Waals surface area contributed by atoms with E-state index in [9.17, 15) is 9.59 Å². The van der Waals surface area contributed by atoms with Crippen LogP contribution in [0.1, 0.15) is 34.2 Å². The van der Waals surface area contributed by atoms with Crippen LogP contribution >= 0.6 is 0 Å². The molecule has 2 N–H and O–H groups in total. The molecule has 88 valence electrons. The molecule has 0 saturated carbocycles. The van der Waals surface area contributed by atoms with Crippen molar-refractivity contribution in [2.24, 2.45) is 0 Å². The first-order valence-electron chi connectivity index (χ1n) is 5.04. The summed E-state index contributed by atoms with van der Waals surface area (Å²) in [5.41, 5.74) is 2.29. The number of rotatable bonds is 4. The van der Waals surface area contributed by atoms with E-state index in [1.54, 1.807) is 20.8 Å². The van der Waals surface area contributed by atoms with Crippen LogP contribution in [0.2, 0.25) is 0 Å². The third-order valence-corrected chi connectivity index (χ3v) is 2.35. The van der Waals surface area contributed by atoms with E-state index in [2.05, 4.69) is 4.98 Å². The summed E-state index contributed by atoms with van der Waals surface area (Å²) >= 11 is 0. The summed E-state index contributed by atoms with van der Waals surface area (Å²) in [6.45, 7) is 5.48. The molecule has 0 aliphatic carbocycles. The van der Waals surface area contributed by atoms with Gasteiger partial charge in [-0.2, -0.15) is 0 Å². The molecule has 1 aromatic rings. The van der Waals surface area contributed by atoms with Crippen LogP contribution in [0.3, 0.4) is 0 Å². The van der Waals surface area contributed by atoms with Gasteiger partial charge in [-0.3, -0.25) is 4.79 Å². The van der Waals surface area contributed by atoms with Gasteiger partial charge in [0.1, 0.15) is 0 Å². The third kappa shape index (κ3) is 2.42. The first-order valence-corrected chi connectivity index (χ1v) is 5.04. The predicted molar refractivity (Wildman–Crippen MR) is 57.6 cm³/mol. The van der Waals surface area contributed by atoms with E-state index in [4.69, 9.17) is 9.84 Å². The first-order chi connectivity index (χ1) is 7.47. The van der Waals surface area contributed by atoms with Crippen molar-refractivity contribution < 1.29 is 19.4 Å². The summed E-state index contributed by atoms with van der Waals surface area (Å²) in [4.78, 5) is 25.1. The fourth-order valence-electron chi connectivity index (χ4n) is 1.65. The molecule has 0 amide bonds. The highest BCUT2D eigenvalue weighted by Gasteiger charge is 2.19. The minimum Gasteiger partial charge on any atom is -0.481 e. The number of nitrogens with one attached hydrogen (secondary N) is 1. The van der Waals surface area contributed by atoms with Gasteiger partial charge in [0.05, 0.1) is 18.6 Å². The van der Waals surface area contributed by atoms with E-state index in [1.165, 1.54) is 0 Å². The van der Waals surface area contributed by atoms with Gasteiger partial charge < -0.3 is 14.8 Å². The fourth-order valence-corrected chi connectivity index (χ4v) is 1.65. The molecule has 0 spiro atoms. The summed E-state index contributed by atoms with van der Waals surface area (Å²) in [6, 6.07) is 0. The first kappa shape index (κ1) is 12.3. The fraction of sp³-hybridized carbons (Fsp3) is 0.455. The van der Waals surface area contributed by atoms with Crippen molar-refractivity contribution >= 4 is 11.9 Å². The second-order valence-electron chi connectivity index (χ2n) is 3.52. The Balaban J connectivity index is 3.06. The van der Waals surface area contributed by atoms with Gasteiger partial charge in [0, 0.05) is 11.4 Å². The maximum absolute atomic E-state index is 11.6. The van der Waals surface area contributed by atoms with Crippen molar-refractivity contribution in [3.8, 4) is 0 Å². The zero-order valence-corrected chi connectivity index (χ0v) is 9.59. The number of carboxylic acid groups (broad SMARTS) is 1. The van der Waals surface area contributed by atoms with Crippen molar-refractivity contribution in [3.05, 3.63) is 22.5 Å². The van der Waals surface area contributed by atoms with Crippen LogP contribution in [0.25, 0.3) is 0 Å². The number of carboxylic acids is 1. The van der Waals surface area contributed by atoms with Gasteiger partial charge >= 0.3 is 11.9 Å². The minimum absolute atomic E-state index is 0.119.